The highest BCUT2D eigenvalue weighted by atomic mass is 16.2. The summed E-state index contributed by atoms with van der Waals surface area (Å²) < 4.78 is 0. The van der Waals surface area contributed by atoms with Gasteiger partial charge in [0.15, 0.2) is 5.78 Å². The van der Waals surface area contributed by atoms with Gasteiger partial charge in [0.1, 0.15) is 0 Å². The van der Waals surface area contributed by atoms with Crippen molar-refractivity contribution in [2.24, 2.45) is 0 Å². The predicted molar refractivity (Wildman–Crippen MR) is 71.4 cm³/mol. The number of fused-ring (bicyclic) bond motifs is 2. The van der Waals surface area contributed by atoms with Gasteiger partial charge in [0.05, 0.1) is 12.0 Å². The Morgan fingerprint density at radius 2 is 2.00 bits per heavy atom. The molecule has 0 aromatic heterocycles. The van der Waals surface area contributed by atoms with Crippen LogP contribution in [0, 0.1) is 0 Å². The zero-order valence-electron chi connectivity index (χ0n) is 10.7. The maximum absolute atomic E-state index is 12.5. The van der Waals surface area contributed by atoms with Crippen molar-refractivity contribution in [3.63, 3.8) is 0 Å². The van der Waals surface area contributed by atoms with E-state index in [-0.39, 0.29) is 17.2 Å². The summed E-state index contributed by atoms with van der Waals surface area (Å²) in [4.78, 5) is 26.4. The highest BCUT2D eigenvalue weighted by Crippen LogP contribution is 2.49. The van der Waals surface area contributed by atoms with Crippen LogP contribution in [0.3, 0.4) is 0 Å². The van der Waals surface area contributed by atoms with E-state index >= 15 is 0 Å². The molecule has 0 saturated carbocycles. The summed E-state index contributed by atoms with van der Waals surface area (Å²) in [5.74, 6) is 0.328. The molecule has 2 heterocycles. The molecule has 3 nitrogen and oxygen atoms in total. The largest absolute Gasteiger partial charge is 0.332 e. The van der Waals surface area contributed by atoms with Gasteiger partial charge in [-0.3, -0.25) is 9.59 Å². The van der Waals surface area contributed by atoms with Crippen LogP contribution in [-0.4, -0.2) is 28.7 Å². The van der Waals surface area contributed by atoms with Crippen LogP contribution in [0.4, 0.5) is 0 Å². The third kappa shape index (κ3) is 1.33. The van der Waals surface area contributed by atoms with E-state index in [1.54, 1.807) is 6.08 Å². The highest BCUT2D eigenvalue weighted by molar-refractivity contribution is 6.08. The van der Waals surface area contributed by atoms with Crippen LogP contribution >= 0.6 is 0 Å². The fourth-order valence-corrected chi connectivity index (χ4v) is 3.96. The first-order chi connectivity index (χ1) is 9.21. The number of benzene rings is 1. The number of allylic oxidation sites excluding steroid dienone is 1. The Morgan fingerprint density at radius 1 is 1.16 bits per heavy atom. The molecule has 96 valence electrons. The monoisotopic (exact) mass is 253 g/mol. The van der Waals surface area contributed by atoms with Gasteiger partial charge in [-0.1, -0.05) is 24.3 Å². The van der Waals surface area contributed by atoms with Crippen molar-refractivity contribution >= 4 is 17.3 Å². The van der Waals surface area contributed by atoms with E-state index in [2.05, 4.69) is 6.07 Å². The Labute approximate surface area is 111 Å². The summed E-state index contributed by atoms with van der Waals surface area (Å²) in [6.45, 7) is 0.789. The molecular weight excluding hydrogens is 238 g/mol. The maximum Gasteiger partial charge on any atom is 0.227 e. The molecule has 4 rings (SSSR count). The molecule has 1 atom stereocenters. The Morgan fingerprint density at radius 3 is 2.89 bits per heavy atom. The minimum atomic E-state index is -0.333. The van der Waals surface area contributed by atoms with Crippen molar-refractivity contribution in [1.82, 2.24) is 4.90 Å². The minimum Gasteiger partial charge on any atom is -0.332 e. The number of rotatable bonds is 0. The summed E-state index contributed by atoms with van der Waals surface area (Å²) >= 11 is 0. The van der Waals surface area contributed by atoms with Gasteiger partial charge in [-0.2, -0.15) is 0 Å². The normalized spacial score (nSPS) is 28.6. The molecule has 1 aliphatic carbocycles. The number of carbonyl (C=O) groups is 2. The predicted octanol–water partition coefficient (Wildman–Crippen LogP) is 1.96. The summed E-state index contributed by atoms with van der Waals surface area (Å²) in [5.41, 5.74) is 2.91. The van der Waals surface area contributed by atoms with Gasteiger partial charge in [-0.05, 0) is 35.6 Å². The Bertz CT molecular complexity index is 631. The van der Waals surface area contributed by atoms with E-state index in [1.165, 1.54) is 0 Å². The number of hydrogen-bond acceptors (Lipinski definition) is 2. The standard InChI is InChI=1S/C16H15NO2/c18-12-9-14-13-5-2-1-4-11(13)8-15(19)17-7-3-6-16(14,17)10-12/h1-2,4-5,9H,3,6-8,10H2. The van der Waals surface area contributed by atoms with Gasteiger partial charge in [0.25, 0.3) is 0 Å². The molecule has 1 saturated heterocycles. The number of hydrogen-bond donors (Lipinski definition) is 0. The quantitative estimate of drug-likeness (QED) is 0.708. The summed E-state index contributed by atoms with van der Waals surface area (Å²) in [7, 11) is 0. The van der Waals surface area contributed by atoms with Gasteiger partial charge >= 0.3 is 0 Å². The lowest BCUT2D eigenvalue weighted by atomic mass is 9.84. The average Bonchev–Trinajstić information content (AvgIpc) is 2.93. The molecule has 0 N–H and O–H groups in total. The zero-order valence-corrected chi connectivity index (χ0v) is 10.7. The van der Waals surface area contributed by atoms with Crippen LogP contribution < -0.4 is 0 Å². The minimum absolute atomic E-state index is 0.159. The highest BCUT2D eigenvalue weighted by Gasteiger charge is 2.52. The van der Waals surface area contributed by atoms with Crippen molar-refractivity contribution in [2.75, 3.05) is 6.54 Å². The van der Waals surface area contributed by atoms with E-state index in [1.807, 2.05) is 23.1 Å². The van der Waals surface area contributed by atoms with Crippen LogP contribution in [-0.2, 0) is 16.0 Å². The van der Waals surface area contributed by atoms with Gasteiger partial charge in [0, 0.05) is 13.0 Å². The Balaban J connectivity index is 2.00. The van der Waals surface area contributed by atoms with Crippen molar-refractivity contribution in [3.8, 4) is 0 Å². The van der Waals surface area contributed by atoms with Gasteiger partial charge in [-0.15, -0.1) is 0 Å². The number of nitrogens with zero attached hydrogens (tertiary/aromatic N) is 1. The summed E-state index contributed by atoms with van der Waals surface area (Å²) in [6.07, 6.45) is 4.63. The second-order valence-electron chi connectivity index (χ2n) is 5.72. The Hall–Kier alpha value is -1.90. The molecular formula is C16H15NO2. The second-order valence-corrected chi connectivity index (χ2v) is 5.72. The van der Waals surface area contributed by atoms with Crippen LogP contribution in [0.5, 0.6) is 0 Å². The SMILES string of the molecule is O=C1C=C2c3ccccc3CC(=O)N3CCCC23C1. The van der Waals surface area contributed by atoms with Crippen molar-refractivity contribution in [2.45, 2.75) is 31.2 Å². The molecule has 0 radical (unpaired) electrons. The van der Waals surface area contributed by atoms with E-state index in [9.17, 15) is 9.59 Å². The number of ketones is 1. The third-order valence-corrected chi connectivity index (χ3v) is 4.71. The second kappa shape index (κ2) is 3.56. The van der Waals surface area contributed by atoms with Crippen molar-refractivity contribution in [1.29, 1.82) is 0 Å². The lowest BCUT2D eigenvalue weighted by molar-refractivity contribution is -0.133. The molecule has 2 aliphatic heterocycles. The molecule has 1 amide bonds. The van der Waals surface area contributed by atoms with Crippen molar-refractivity contribution < 1.29 is 9.59 Å². The van der Waals surface area contributed by atoms with Gasteiger partial charge in [-0.25, -0.2) is 0 Å². The van der Waals surface area contributed by atoms with E-state index < -0.39 is 0 Å². The van der Waals surface area contributed by atoms with Crippen LogP contribution in [0.15, 0.2) is 30.3 Å². The first-order valence-corrected chi connectivity index (χ1v) is 6.84. The number of carbonyl (C=O) groups excluding carboxylic acids is 2. The van der Waals surface area contributed by atoms with Gasteiger partial charge < -0.3 is 4.90 Å². The maximum atomic E-state index is 12.5. The lowest BCUT2D eigenvalue weighted by Crippen LogP contribution is -2.46. The molecule has 0 bridgehead atoms. The van der Waals surface area contributed by atoms with Crippen molar-refractivity contribution in [3.05, 3.63) is 41.5 Å². The topological polar surface area (TPSA) is 37.4 Å². The average molecular weight is 253 g/mol. The smallest absolute Gasteiger partial charge is 0.227 e. The first-order valence-electron chi connectivity index (χ1n) is 6.84. The first kappa shape index (κ1) is 11.0. The fraction of sp³-hybridized carbons (Fsp3) is 0.375. The molecule has 19 heavy (non-hydrogen) atoms. The molecule has 1 unspecified atom stereocenters. The van der Waals surface area contributed by atoms with E-state index in [0.29, 0.717) is 12.8 Å². The molecule has 3 aliphatic rings. The van der Waals surface area contributed by atoms with E-state index in [0.717, 1.165) is 36.1 Å². The molecule has 1 fully saturated rings. The molecule has 1 spiro atoms. The van der Waals surface area contributed by atoms with Crippen LogP contribution in [0.25, 0.3) is 5.57 Å². The lowest BCUT2D eigenvalue weighted by Gasteiger charge is -2.35. The summed E-state index contributed by atoms with van der Waals surface area (Å²) in [5, 5.41) is 0. The molecule has 1 aromatic carbocycles. The number of amides is 1. The third-order valence-electron chi connectivity index (χ3n) is 4.71. The summed E-state index contributed by atoms with van der Waals surface area (Å²) in [6, 6.07) is 8.02. The molecule has 3 heteroatoms. The van der Waals surface area contributed by atoms with E-state index in [4.69, 9.17) is 0 Å². The molecule has 1 aromatic rings. The Kier molecular flexibility index (Phi) is 2.06. The van der Waals surface area contributed by atoms with Crippen LogP contribution in [0.1, 0.15) is 30.4 Å². The van der Waals surface area contributed by atoms with Crippen LogP contribution in [0.2, 0.25) is 0 Å². The van der Waals surface area contributed by atoms with Gasteiger partial charge in [0.2, 0.25) is 5.91 Å². The fourth-order valence-electron chi connectivity index (χ4n) is 3.96. The zero-order chi connectivity index (χ0) is 13.0.